The molecule has 0 radical (unpaired) electrons. The van der Waals surface area contributed by atoms with Gasteiger partial charge in [0.2, 0.25) is 0 Å². The summed E-state index contributed by atoms with van der Waals surface area (Å²) in [5.41, 5.74) is 9.44. The first-order valence-electron chi connectivity index (χ1n) is 8.03. The second kappa shape index (κ2) is 6.21. The minimum absolute atomic E-state index is 0.156. The van der Waals surface area contributed by atoms with Crippen molar-refractivity contribution in [3.63, 3.8) is 0 Å². The zero-order valence-corrected chi connectivity index (χ0v) is 14.5. The van der Waals surface area contributed by atoms with E-state index in [2.05, 4.69) is 71.4 Å². The summed E-state index contributed by atoms with van der Waals surface area (Å²) in [7, 11) is 0. The lowest BCUT2D eigenvalue weighted by molar-refractivity contribution is 0.737. The lowest BCUT2D eigenvalue weighted by atomic mass is 10.2. The monoisotopic (exact) mass is 333 g/mol. The number of hydrogen-bond donors (Lipinski definition) is 1. The van der Waals surface area contributed by atoms with E-state index in [1.807, 2.05) is 24.3 Å². The molecule has 0 amide bonds. The number of hydrazone groups is 1. The topological polar surface area (TPSA) is 29.3 Å². The number of thioether (sulfide) groups is 1. The van der Waals surface area contributed by atoms with Crippen molar-refractivity contribution in [1.29, 1.82) is 0 Å². The molecule has 2 aromatic carbocycles. The molecule has 0 saturated heterocycles. The smallest absolute Gasteiger partial charge is 0.126 e. The summed E-state index contributed by atoms with van der Waals surface area (Å²) < 4.78 is 2.30. The van der Waals surface area contributed by atoms with Crippen LogP contribution in [0.1, 0.15) is 27.9 Å². The summed E-state index contributed by atoms with van der Waals surface area (Å²) in [6, 6.07) is 23.1. The number of hydrogen-bond acceptors (Lipinski definition) is 3. The van der Waals surface area contributed by atoms with Crippen LogP contribution in [-0.4, -0.2) is 9.61 Å². The fourth-order valence-corrected chi connectivity index (χ4v) is 4.23. The van der Waals surface area contributed by atoms with Gasteiger partial charge >= 0.3 is 0 Å². The lowest BCUT2D eigenvalue weighted by Crippen LogP contribution is -2.08. The van der Waals surface area contributed by atoms with E-state index in [9.17, 15) is 0 Å². The standard InChI is InChI=1S/C20H19N3S/c1-14-13-18(15(2)23(14)17-11-7-4-8-12-17)20-22-21-19(24-20)16-9-5-3-6-10-16/h3-13,20,22H,1-2H3/t20-/m0/s1. The van der Waals surface area contributed by atoms with Crippen LogP contribution >= 0.6 is 11.8 Å². The average Bonchev–Trinajstić information content (AvgIpc) is 3.21. The molecule has 0 unspecified atom stereocenters. The predicted molar refractivity (Wildman–Crippen MR) is 102 cm³/mol. The molecule has 4 rings (SSSR count). The van der Waals surface area contributed by atoms with Gasteiger partial charge in [0.25, 0.3) is 0 Å². The van der Waals surface area contributed by atoms with E-state index in [0.29, 0.717) is 0 Å². The first kappa shape index (κ1) is 15.1. The van der Waals surface area contributed by atoms with E-state index >= 15 is 0 Å². The molecule has 3 nitrogen and oxygen atoms in total. The molecule has 4 heteroatoms. The van der Waals surface area contributed by atoms with Crippen LogP contribution in [0.15, 0.2) is 71.8 Å². The van der Waals surface area contributed by atoms with Gasteiger partial charge in [-0.2, -0.15) is 5.10 Å². The SMILES string of the molecule is Cc1cc([C@H]2NN=C(c3ccccc3)S2)c(C)n1-c1ccccc1. The summed E-state index contributed by atoms with van der Waals surface area (Å²) in [6.07, 6.45) is 0. The van der Waals surface area contributed by atoms with E-state index in [-0.39, 0.29) is 5.37 Å². The highest BCUT2D eigenvalue weighted by Crippen LogP contribution is 2.37. The van der Waals surface area contributed by atoms with E-state index in [1.54, 1.807) is 11.8 Å². The normalized spacial score (nSPS) is 16.8. The number of benzene rings is 2. The number of para-hydroxylation sites is 1. The molecule has 1 atom stereocenters. The van der Waals surface area contributed by atoms with E-state index in [0.717, 1.165) is 10.6 Å². The second-order valence-electron chi connectivity index (χ2n) is 5.91. The van der Waals surface area contributed by atoms with Crippen molar-refractivity contribution in [1.82, 2.24) is 9.99 Å². The van der Waals surface area contributed by atoms with Gasteiger partial charge in [-0.05, 0) is 32.0 Å². The average molecular weight is 333 g/mol. The van der Waals surface area contributed by atoms with Crippen molar-refractivity contribution < 1.29 is 0 Å². The third-order valence-electron chi connectivity index (χ3n) is 4.30. The molecule has 2 heterocycles. The van der Waals surface area contributed by atoms with Crippen molar-refractivity contribution in [3.05, 3.63) is 89.2 Å². The molecule has 3 aromatic rings. The highest BCUT2D eigenvalue weighted by molar-refractivity contribution is 8.14. The van der Waals surface area contributed by atoms with E-state index < -0.39 is 0 Å². The van der Waals surface area contributed by atoms with Gasteiger partial charge in [0, 0.05) is 28.2 Å². The molecular weight excluding hydrogens is 314 g/mol. The van der Waals surface area contributed by atoms with Crippen LogP contribution in [0.4, 0.5) is 0 Å². The van der Waals surface area contributed by atoms with Gasteiger partial charge in [0.15, 0.2) is 0 Å². The van der Waals surface area contributed by atoms with Crippen molar-refractivity contribution in [3.8, 4) is 5.69 Å². The van der Waals surface area contributed by atoms with Crippen LogP contribution in [0.2, 0.25) is 0 Å². The summed E-state index contributed by atoms with van der Waals surface area (Å²) in [4.78, 5) is 0. The van der Waals surface area contributed by atoms with E-state index in [1.165, 1.54) is 22.6 Å². The van der Waals surface area contributed by atoms with E-state index in [4.69, 9.17) is 0 Å². The molecule has 0 saturated carbocycles. The Morgan fingerprint density at radius 1 is 0.958 bits per heavy atom. The predicted octanol–water partition coefficient (Wildman–Crippen LogP) is 4.79. The molecule has 1 aliphatic rings. The number of aromatic nitrogens is 1. The number of aryl methyl sites for hydroxylation is 1. The van der Waals surface area contributed by atoms with Crippen LogP contribution in [0, 0.1) is 13.8 Å². The summed E-state index contributed by atoms with van der Waals surface area (Å²) in [5, 5.41) is 5.74. The Bertz CT molecular complexity index is 882. The van der Waals surface area contributed by atoms with Gasteiger partial charge in [0.05, 0.1) is 0 Å². The highest BCUT2D eigenvalue weighted by Gasteiger charge is 2.26. The minimum Gasteiger partial charge on any atom is -0.318 e. The Morgan fingerprint density at radius 3 is 2.33 bits per heavy atom. The van der Waals surface area contributed by atoms with Gasteiger partial charge in [-0.15, -0.1) is 0 Å². The Balaban J connectivity index is 1.63. The van der Waals surface area contributed by atoms with Crippen molar-refractivity contribution in [2.75, 3.05) is 0 Å². The largest absolute Gasteiger partial charge is 0.318 e. The highest BCUT2D eigenvalue weighted by atomic mass is 32.2. The van der Waals surface area contributed by atoms with Gasteiger partial charge in [0.1, 0.15) is 10.4 Å². The lowest BCUT2D eigenvalue weighted by Gasteiger charge is -2.12. The number of nitrogens with zero attached hydrogens (tertiary/aromatic N) is 2. The molecule has 120 valence electrons. The summed E-state index contributed by atoms with van der Waals surface area (Å²) in [5.74, 6) is 0. The summed E-state index contributed by atoms with van der Waals surface area (Å²) >= 11 is 1.77. The molecule has 0 bridgehead atoms. The summed E-state index contributed by atoms with van der Waals surface area (Å²) in [6.45, 7) is 4.33. The number of nitrogens with one attached hydrogen (secondary N) is 1. The fourth-order valence-electron chi connectivity index (χ4n) is 3.16. The Kier molecular flexibility index (Phi) is 3.90. The van der Waals surface area contributed by atoms with Crippen LogP contribution in [0.5, 0.6) is 0 Å². The maximum atomic E-state index is 4.54. The van der Waals surface area contributed by atoms with Gasteiger partial charge < -0.3 is 4.57 Å². The van der Waals surface area contributed by atoms with Crippen molar-refractivity contribution in [2.24, 2.45) is 5.10 Å². The molecule has 0 fully saturated rings. The molecule has 0 spiro atoms. The number of rotatable bonds is 3. The van der Waals surface area contributed by atoms with Crippen LogP contribution in [-0.2, 0) is 0 Å². The maximum absolute atomic E-state index is 4.54. The quantitative estimate of drug-likeness (QED) is 0.746. The Hall–Kier alpha value is -2.46. The molecule has 1 aromatic heterocycles. The van der Waals surface area contributed by atoms with Crippen molar-refractivity contribution in [2.45, 2.75) is 19.2 Å². The van der Waals surface area contributed by atoms with Gasteiger partial charge in [-0.25, -0.2) is 0 Å². The molecule has 1 N–H and O–H groups in total. The Labute approximate surface area is 146 Å². The third kappa shape index (κ3) is 2.63. The minimum atomic E-state index is 0.156. The zero-order valence-electron chi connectivity index (χ0n) is 13.7. The van der Waals surface area contributed by atoms with Gasteiger partial charge in [-0.3, -0.25) is 5.43 Å². The first-order valence-corrected chi connectivity index (χ1v) is 8.91. The van der Waals surface area contributed by atoms with Crippen LogP contribution in [0.25, 0.3) is 5.69 Å². The fraction of sp³-hybridized carbons (Fsp3) is 0.150. The van der Waals surface area contributed by atoms with Crippen LogP contribution < -0.4 is 5.43 Å². The molecule has 24 heavy (non-hydrogen) atoms. The zero-order chi connectivity index (χ0) is 16.5. The Morgan fingerprint density at radius 2 is 1.62 bits per heavy atom. The first-order chi connectivity index (χ1) is 11.7. The third-order valence-corrected chi connectivity index (χ3v) is 5.45. The maximum Gasteiger partial charge on any atom is 0.126 e. The second-order valence-corrected chi connectivity index (χ2v) is 7.00. The van der Waals surface area contributed by atoms with Crippen molar-refractivity contribution >= 4 is 16.8 Å². The van der Waals surface area contributed by atoms with Crippen LogP contribution in [0.3, 0.4) is 0 Å². The molecule has 1 aliphatic heterocycles. The molecule has 0 aliphatic carbocycles. The molecular formula is C20H19N3S. The van der Waals surface area contributed by atoms with Gasteiger partial charge in [-0.1, -0.05) is 60.3 Å².